The first-order valence-electron chi connectivity index (χ1n) is 7.42. The highest BCUT2D eigenvalue weighted by atomic mass is 16.6. The minimum Gasteiger partial charge on any atom is -0.377 e. The first-order chi connectivity index (χ1) is 10.5. The van der Waals surface area contributed by atoms with E-state index >= 15 is 0 Å². The van der Waals surface area contributed by atoms with Crippen LogP contribution < -0.4 is 0 Å². The summed E-state index contributed by atoms with van der Waals surface area (Å²) >= 11 is 0. The van der Waals surface area contributed by atoms with E-state index in [0.717, 1.165) is 11.1 Å². The minimum absolute atomic E-state index is 0.579. The number of benzene rings is 1. The molecule has 1 aromatic carbocycles. The lowest BCUT2D eigenvalue weighted by molar-refractivity contribution is -0.0117. The van der Waals surface area contributed by atoms with Gasteiger partial charge in [-0.25, -0.2) is 0 Å². The molecular weight excluding hydrogens is 272 g/mol. The predicted octanol–water partition coefficient (Wildman–Crippen LogP) is 1.78. The lowest BCUT2D eigenvalue weighted by atomic mass is 10.1. The largest absolute Gasteiger partial charge is 0.377 e. The van der Waals surface area contributed by atoms with Crippen molar-refractivity contribution in [3.8, 4) is 0 Å². The van der Waals surface area contributed by atoms with Crippen molar-refractivity contribution in [3.05, 3.63) is 35.4 Å². The van der Waals surface area contributed by atoms with Gasteiger partial charge in [0.15, 0.2) is 0 Å². The van der Waals surface area contributed by atoms with Gasteiger partial charge in [-0.1, -0.05) is 24.3 Å². The molecule has 1 heterocycles. The Bertz CT molecular complexity index is 348. The third-order valence-electron chi connectivity index (χ3n) is 3.12. The molecule has 0 saturated heterocycles. The Kier molecular flexibility index (Phi) is 8.36. The Morgan fingerprint density at radius 3 is 1.19 bits per heavy atom. The van der Waals surface area contributed by atoms with Crippen molar-refractivity contribution in [2.45, 2.75) is 13.2 Å². The van der Waals surface area contributed by atoms with Crippen LogP contribution in [0.15, 0.2) is 24.3 Å². The van der Waals surface area contributed by atoms with Gasteiger partial charge in [0.25, 0.3) is 0 Å². The fourth-order valence-corrected chi connectivity index (χ4v) is 1.98. The number of hydrogen-bond acceptors (Lipinski definition) is 5. The van der Waals surface area contributed by atoms with Crippen molar-refractivity contribution in [1.29, 1.82) is 0 Å². The van der Waals surface area contributed by atoms with E-state index in [-0.39, 0.29) is 0 Å². The predicted molar refractivity (Wildman–Crippen MR) is 78.2 cm³/mol. The van der Waals surface area contributed by atoms with Crippen LogP contribution in [0.3, 0.4) is 0 Å². The highest BCUT2D eigenvalue weighted by molar-refractivity contribution is 5.25. The first-order valence-corrected chi connectivity index (χ1v) is 7.42. The smallest absolute Gasteiger partial charge is 0.0721 e. The van der Waals surface area contributed by atoms with Gasteiger partial charge < -0.3 is 23.7 Å². The van der Waals surface area contributed by atoms with Crippen LogP contribution in [0.5, 0.6) is 0 Å². The van der Waals surface area contributed by atoms with E-state index < -0.39 is 0 Å². The standard InChI is InChI=1S/C16H24O5/c1-2-4-16-14-21-12-10-19-8-6-17-5-7-18-9-11-20-13-15(16)3-1/h1-4H,5-14H2. The molecule has 1 aliphatic rings. The van der Waals surface area contributed by atoms with Crippen LogP contribution in [-0.2, 0) is 36.9 Å². The van der Waals surface area contributed by atoms with Gasteiger partial charge in [0.1, 0.15) is 0 Å². The van der Waals surface area contributed by atoms with Crippen LogP contribution in [0, 0.1) is 0 Å². The monoisotopic (exact) mass is 296 g/mol. The third kappa shape index (κ3) is 7.02. The summed E-state index contributed by atoms with van der Waals surface area (Å²) in [6.45, 7) is 5.83. The third-order valence-corrected chi connectivity index (χ3v) is 3.12. The van der Waals surface area contributed by atoms with Gasteiger partial charge in [-0.15, -0.1) is 0 Å². The molecule has 2 rings (SSSR count). The van der Waals surface area contributed by atoms with Crippen LogP contribution in [0.2, 0.25) is 0 Å². The zero-order chi connectivity index (χ0) is 14.6. The summed E-state index contributed by atoms with van der Waals surface area (Å²) in [6, 6.07) is 8.17. The van der Waals surface area contributed by atoms with Gasteiger partial charge >= 0.3 is 0 Å². The summed E-state index contributed by atoms with van der Waals surface area (Å²) < 4.78 is 27.5. The lowest BCUT2D eigenvalue weighted by Crippen LogP contribution is -2.12. The van der Waals surface area contributed by atoms with Crippen LogP contribution in [-0.4, -0.2) is 52.9 Å². The molecule has 5 nitrogen and oxygen atoms in total. The van der Waals surface area contributed by atoms with Crippen LogP contribution in [0.25, 0.3) is 0 Å². The Balaban J connectivity index is 1.82. The number of hydrogen-bond donors (Lipinski definition) is 0. The van der Waals surface area contributed by atoms with Gasteiger partial charge in [0.2, 0.25) is 0 Å². The summed E-state index contributed by atoms with van der Waals surface area (Å²) in [5.74, 6) is 0. The molecule has 0 aliphatic carbocycles. The van der Waals surface area contributed by atoms with E-state index in [9.17, 15) is 0 Å². The summed E-state index contributed by atoms with van der Waals surface area (Å²) in [6.07, 6.45) is 0. The van der Waals surface area contributed by atoms with E-state index in [1.54, 1.807) is 0 Å². The van der Waals surface area contributed by atoms with Crippen molar-refractivity contribution < 1.29 is 23.7 Å². The maximum atomic E-state index is 5.64. The summed E-state index contributed by atoms with van der Waals surface area (Å²) in [4.78, 5) is 0. The summed E-state index contributed by atoms with van der Waals surface area (Å²) in [5, 5.41) is 0. The molecule has 0 spiro atoms. The molecule has 0 radical (unpaired) electrons. The van der Waals surface area contributed by atoms with Crippen molar-refractivity contribution in [2.75, 3.05) is 52.9 Å². The Labute approximate surface area is 126 Å². The SMILES string of the molecule is c1ccc2c(c1)COCCOCCOCCOCCOC2. The lowest BCUT2D eigenvalue weighted by Gasteiger charge is -2.11. The van der Waals surface area contributed by atoms with E-state index in [4.69, 9.17) is 23.7 Å². The number of rotatable bonds is 0. The molecule has 0 atom stereocenters. The van der Waals surface area contributed by atoms with Crippen LogP contribution in [0.4, 0.5) is 0 Å². The average Bonchev–Trinajstić information content (AvgIpc) is 2.52. The molecule has 0 saturated carbocycles. The van der Waals surface area contributed by atoms with E-state index in [2.05, 4.69) is 12.1 Å². The minimum atomic E-state index is 0.579. The Morgan fingerprint density at radius 1 is 0.476 bits per heavy atom. The zero-order valence-corrected chi connectivity index (χ0v) is 12.4. The topological polar surface area (TPSA) is 46.2 Å². The molecule has 0 N–H and O–H groups in total. The molecule has 118 valence electrons. The molecule has 0 aromatic heterocycles. The molecule has 0 amide bonds. The molecule has 21 heavy (non-hydrogen) atoms. The molecule has 0 bridgehead atoms. The molecule has 1 aromatic rings. The average molecular weight is 296 g/mol. The van der Waals surface area contributed by atoms with E-state index in [1.165, 1.54) is 0 Å². The van der Waals surface area contributed by atoms with Gasteiger partial charge in [-0.05, 0) is 11.1 Å². The normalized spacial score (nSPS) is 20.4. The van der Waals surface area contributed by atoms with Gasteiger partial charge in [0.05, 0.1) is 66.1 Å². The molecule has 0 fully saturated rings. The quantitative estimate of drug-likeness (QED) is 0.730. The van der Waals surface area contributed by atoms with Crippen molar-refractivity contribution in [3.63, 3.8) is 0 Å². The van der Waals surface area contributed by atoms with Gasteiger partial charge in [-0.2, -0.15) is 0 Å². The molecule has 5 heteroatoms. The van der Waals surface area contributed by atoms with Crippen molar-refractivity contribution >= 4 is 0 Å². The summed E-state index contributed by atoms with van der Waals surface area (Å²) in [7, 11) is 0. The Hall–Kier alpha value is -0.980. The Morgan fingerprint density at radius 2 is 0.810 bits per heavy atom. The second kappa shape index (κ2) is 10.7. The molecular formula is C16H24O5. The van der Waals surface area contributed by atoms with Gasteiger partial charge in [0, 0.05) is 0 Å². The molecule has 0 unspecified atom stereocenters. The first kappa shape index (κ1) is 16.4. The van der Waals surface area contributed by atoms with Gasteiger partial charge in [-0.3, -0.25) is 0 Å². The highest BCUT2D eigenvalue weighted by Crippen LogP contribution is 2.11. The second-order valence-electron chi connectivity index (χ2n) is 4.71. The van der Waals surface area contributed by atoms with Crippen molar-refractivity contribution in [2.24, 2.45) is 0 Å². The maximum Gasteiger partial charge on any atom is 0.0721 e. The maximum absolute atomic E-state index is 5.64. The zero-order valence-electron chi connectivity index (χ0n) is 12.4. The van der Waals surface area contributed by atoms with Crippen molar-refractivity contribution in [1.82, 2.24) is 0 Å². The highest BCUT2D eigenvalue weighted by Gasteiger charge is 2.03. The molecule has 1 aliphatic heterocycles. The fraction of sp³-hybridized carbons (Fsp3) is 0.625. The number of ether oxygens (including phenoxy) is 5. The second-order valence-corrected chi connectivity index (χ2v) is 4.71. The van der Waals surface area contributed by atoms with Crippen LogP contribution in [0.1, 0.15) is 11.1 Å². The summed E-state index contributed by atoms with van der Waals surface area (Å²) in [5.41, 5.74) is 2.32. The van der Waals surface area contributed by atoms with E-state index in [1.807, 2.05) is 12.1 Å². The number of fused-ring (bicyclic) bond motifs is 1. The van der Waals surface area contributed by atoms with Crippen LogP contribution >= 0.6 is 0 Å². The fourth-order valence-electron chi connectivity index (χ4n) is 1.98. The van der Waals surface area contributed by atoms with E-state index in [0.29, 0.717) is 66.1 Å².